The number of piperidine rings is 1. The van der Waals surface area contributed by atoms with Gasteiger partial charge in [0.2, 0.25) is 0 Å². The van der Waals surface area contributed by atoms with Crippen molar-refractivity contribution in [2.45, 2.75) is 58.1 Å². The van der Waals surface area contributed by atoms with Gasteiger partial charge in [-0.25, -0.2) is 19.5 Å². The number of aromatic nitrogens is 1. The first-order valence-electron chi connectivity index (χ1n) is 12.4. The minimum absolute atomic E-state index is 0.0720. The predicted octanol–water partition coefficient (Wildman–Crippen LogP) is 4.60. The number of hydrogen-bond acceptors (Lipinski definition) is 7. The van der Waals surface area contributed by atoms with Gasteiger partial charge in [0, 0.05) is 12.1 Å². The van der Waals surface area contributed by atoms with Crippen molar-refractivity contribution in [1.29, 1.82) is 0 Å². The van der Waals surface area contributed by atoms with E-state index in [1.807, 2.05) is 12.1 Å². The molecule has 1 saturated carbocycles. The van der Waals surface area contributed by atoms with E-state index in [1.54, 1.807) is 26.0 Å². The van der Waals surface area contributed by atoms with Crippen LogP contribution in [-0.4, -0.2) is 52.9 Å². The molecule has 2 aliphatic heterocycles. The minimum atomic E-state index is -0.684. The van der Waals surface area contributed by atoms with Crippen LogP contribution in [0.15, 0.2) is 24.3 Å². The van der Waals surface area contributed by atoms with Crippen LogP contribution in [0.3, 0.4) is 0 Å². The first-order valence-corrected chi connectivity index (χ1v) is 12.4. The van der Waals surface area contributed by atoms with E-state index in [1.165, 1.54) is 0 Å². The highest BCUT2D eigenvalue weighted by Gasteiger charge is 2.34. The SMILES string of the molecule is CC(C)OC(=O)N1Cc2c(C3CCCNC3)cc(-c3c(O)cccc3OCC3CC3)nc2NC1=O. The van der Waals surface area contributed by atoms with E-state index in [-0.39, 0.29) is 24.3 Å². The number of fused-ring (bicyclic) bond motifs is 1. The number of amides is 3. The van der Waals surface area contributed by atoms with E-state index in [4.69, 9.17) is 14.5 Å². The first-order chi connectivity index (χ1) is 16.9. The molecule has 1 aromatic carbocycles. The largest absolute Gasteiger partial charge is 0.507 e. The summed E-state index contributed by atoms with van der Waals surface area (Å²) >= 11 is 0. The molecule has 1 aromatic heterocycles. The number of imide groups is 1. The summed E-state index contributed by atoms with van der Waals surface area (Å²) in [7, 11) is 0. The van der Waals surface area contributed by atoms with Gasteiger partial charge in [0.25, 0.3) is 0 Å². The Kier molecular flexibility index (Phi) is 6.51. The van der Waals surface area contributed by atoms with Crippen LogP contribution < -0.4 is 15.4 Å². The van der Waals surface area contributed by atoms with Crippen molar-refractivity contribution < 1.29 is 24.2 Å². The summed E-state index contributed by atoms with van der Waals surface area (Å²) in [4.78, 5) is 31.2. The zero-order valence-electron chi connectivity index (χ0n) is 20.2. The summed E-state index contributed by atoms with van der Waals surface area (Å²) in [6, 6.07) is 6.60. The van der Waals surface area contributed by atoms with Crippen LogP contribution in [0.25, 0.3) is 11.3 Å². The smallest absolute Gasteiger partial charge is 0.418 e. The second-order valence-corrected chi connectivity index (χ2v) is 9.82. The van der Waals surface area contributed by atoms with Crippen molar-refractivity contribution in [3.63, 3.8) is 0 Å². The Bertz CT molecular complexity index is 1120. The van der Waals surface area contributed by atoms with Crippen LogP contribution in [0.2, 0.25) is 0 Å². The number of pyridine rings is 1. The Balaban J connectivity index is 1.56. The zero-order valence-corrected chi connectivity index (χ0v) is 20.2. The van der Waals surface area contributed by atoms with Gasteiger partial charge in [0.15, 0.2) is 0 Å². The second kappa shape index (κ2) is 9.73. The zero-order chi connectivity index (χ0) is 24.5. The lowest BCUT2D eigenvalue weighted by Crippen LogP contribution is -2.44. The highest BCUT2D eigenvalue weighted by Crippen LogP contribution is 2.42. The quantitative estimate of drug-likeness (QED) is 0.554. The molecule has 0 radical (unpaired) electrons. The molecule has 1 unspecified atom stereocenters. The molecule has 3 aliphatic rings. The van der Waals surface area contributed by atoms with Gasteiger partial charge in [0.1, 0.15) is 17.3 Å². The number of carbonyl (C=O) groups excluding carboxylic acids is 2. The lowest BCUT2D eigenvalue weighted by Gasteiger charge is -2.32. The van der Waals surface area contributed by atoms with E-state index < -0.39 is 12.1 Å². The van der Waals surface area contributed by atoms with Gasteiger partial charge in [-0.05, 0) is 81.7 Å². The number of nitrogens with zero attached hydrogens (tertiary/aromatic N) is 2. The topological polar surface area (TPSA) is 113 Å². The molecular weight excluding hydrogens is 448 g/mol. The molecule has 2 aromatic rings. The lowest BCUT2D eigenvalue weighted by atomic mass is 9.87. The number of phenolic OH excluding ortho intramolecular Hbond substituents is 1. The summed E-state index contributed by atoms with van der Waals surface area (Å²) < 4.78 is 11.3. The summed E-state index contributed by atoms with van der Waals surface area (Å²) in [5, 5.41) is 17.0. The number of nitrogens with one attached hydrogen (secondary N) is 2. The number of anilines is 1. The van der Waals surface area contributed by atoms with E-state index in [0.717, 1.165) is 54.8 Å². The molecule has 9 heteroatoms. The number of phenols is 1. The summed E-state index contributed by atoms with van der Waals surface area (Å²) in [5.74, 6) is 1.78. The van der Waals surface area contributed by atoms with Crippen LogP contribution in [0, 0.1) is 5.92 Å². The van der Waals surface area contributed by atoms with Gasteiger partial charge in [0.05, 0.1) is 30.5 Å². The molecule has 186 valence electrons. The Morgan fingerprint density at radius 3 is 2.83 bits per heavy atom. The molecule has 3 amide bonds. The molecule has 1 atom stereocenters. The molecular formula is C26H32N4O5. The molecule has 9 nitrogen and oxygen atoms in total. The summed E-state index contributed by atoms with van der Waals surface area (Å²) in [6.45, 7) is 5.92. The Labute approximate surface area is 204 Å². The molecule has 1 aliphatic carbocycles. The maximum atomic E-state index is 12.8. The van der Waals surface area contributed by atoms with E-state index >= 15 is 0 Å². The highest BCUT2D eigenvalue weighted by molar-refractivity contribution is 6.01. The summed E-state index contributed by atoms with van der Waals surface area (Å²) in [5.41, 5.74) is 2.83. The summed E-state index contributed by atoms with van der Waals surface area (Å²) in [6.07, 6.45) is 3.29. The van der Waals surface area contributed by atoms with Crippen molar-refractivity contribution >= 4 is 17.9 Å². The van der Waals surface area contributed by atoms with E-state index in [9.17, 15) is 14.7 Å². The van der Waals surface area contributed by atoms with Crippen LogP contribution in [0.4, 0.5) is 15.4 Å². The number of carbonyl (C=O) groups is 2. The highest BCUT2D eigenvalue weighted by atomic mass is 16.6. The van der Waals surface area contributed by atoms with Crippen molar-refractivity contribution in [1.82, 2.24) is 15.2 Å². The maximum Gasteiger partial charge on any atom is 0.418 e. The van der Waals surface area contributed by atoms with Crippen molar-refractivity contribution in [2.75, 3.05) is 25.0 Å². The van der Waals surface area contributed by atoms with Crippen molar-refractivity contribution in [3.05, 3.63) is 35.4 Å². The fraction of sp³-hybridized carbons (Fsp3) is 0.500. The molecule has 5 rings (SSSR count). The fourth-order valence-electron chi connectivity index (χ4n) is 4.67. The van der Waals surface area contributed by atoms with Gasteiger partial charge in [-0.2, -0.15) is 0 Å². The average Bonchev–Trinajstić information content (AvgIpc) is 3.66. The minimum Gasteiger partial charge on any atom is -0.507 e. The number of rotatable bonds is 6. The Morgan fingerprint density at radius 2 is 2.11 bits per heavy atom. The van der Waals surface area contributed by atoms with Gasteiger partial charge in [-0.1, -0.05) is 6.07 Å². The average molecular weight is 481 g/mol. The number of ether oxygens (including phenoxy) is 2. The van der Waals surface area contributed by atoms with Crippen LogP contribution in [0.5, 0.6) is 11.5 Å². The number of hydrogen-bond donors (Lipinski definition) is 3. The second-order valence-electron chi connectivity index (χ2n) is 9.82. The van der Waals surface area contributed by atoms with E-state index in [0.29, 0.717) is 35.3 Å². The molecule has 3 heterocycles. The molecule has 35 heavy (non-hydrogen) atoms. The molecule has 1 saturated heterocycles. The monoisotopic (exact) mass is 480 g/mol. The third-order valence-corrected chi connectivity index (χ3v) is 6.67. The molecule has 3 N–H and O–H groups in total. The third-order valence-electron chi connectivity index (χ3n) is 6.67. The van der Waals surface area contributed by atoms with Gasteiger partial charge < -0.3 is 19.9 Å². The normalized spacial score (nSPS) is 19.8. The van der Waals surface area contributed by atoms with Gasteiger partial charge >= 0.3 is 12.1 Å². The standard InChI is InChI=1S/C26H32N4O5/c1-15(2)35-26(33)30-13-19-18(17-5-4-10-27-12-17)11-20(28-24(19)29-25(30)32)23-21(31)6-3-7-22(23)34-14-16-8-9-16/h3,6-7,11,15-17,27,31H,4-5,8-10,12-14H2,1-2H3,(H,28,29,32). The van der Waals surface area contributed by atoms with Crippen molar-refractivity contribution in [2.24, 2.45) is 5.92 Å². The first kappa shape index (κ1) is 23.4. The Morgan fingerprint density at radius 1 is 1.29 bits per heavy atom. The number of urea groups is 1. The predicted molar refractivity (Wildman–Crippen MR) is 131 cm³/mol. The number of aromatic hydroxyl groups is 1. The lowest BCUT2D eigenvalue weighted by molar-refractivity contribution is 0.0844. The van der Waals surface area contributed by atoms with Crippen LogP contribution in [0.1, 0.15) is 56.6 Å². The van der Waals surface area contributed by atoms with Crippen LogP contribution in [-0.2, 0) is 11.3 Å². The Hall–Kier alpha value is -3.33. The number of benzene rings is 1. The van der Waals surface area contributed by atoms with Crippen molar-refractivity contribution in [3.8, 4) is 22.8 Å². The molecule has 2 fully saturated rings. The van der Waals surface area contributed by atoms with Gasteiger partial charge in [-0.3, -0.25) is 5.32 Å². The maximum absolute atomic E-state index is 12.8. The van der Waals surface area contributed by atoms with Gasteiger partial charge in [-0.15, -0.1) is 0 Å². The third kappa shape index (κ3) is 5.05. The molecule has 0 spiro atoms. The van der Waals surface area contributed by atoms with E-state index in [2.05, 4.69) is 10.6 Å². The molecule has 0 bridgehead atoms. The fourth-order valence-corrected chi connectivity index (χ4v) is 4.67. The van der Waals surface area contributed by atoms with Crippen LogP contribution >= 0.6 is 0 Å².